The third-order valence-electron chi connectivity index (χ3n) is 4.16. The van der Waals surface area contributed by atoms with Crippen molar-refractivity contribution < 1.29 is 44.7 Å². The average Bonchev–Trinajstić information content (AvgIpc) is 2.74. The van der Waals surface area contributed by atoms with Gasteiger partial charge in [0, 0.05) is 0 Å². The highest BCUT2D eigenvalue weighted by molar-refractivity contribution is 5.94. The molecule has 0 bridgehead atoms. The summed E-state index contributed by atoms with van der Waals surface area (Å²) in [6, 6.07) is 0.0884. The molecule has 13 nitrogen and oxygen atoms in total. The second-order valence-electron chi connectivity index (χ2n) is 6.55. The van der Waals surface area contributed by atoms with Gasteiger partial charge in [-0.2, -0.15) is 0 Å². The topological polar surface area (TPSA) is 232 Å². The van der Waals surface area contributed by atoms with E-state index < -0.39 is 67.7 Å². The van der Waals surface area contributed by atoms with E-state index in [9.17, 15) is 34.5 Å². The third-order valence-corrected chi connectivity index (χ3v) is 4.16. The molecule has 4 atom stereocenters. The lowest BCUT2D eigenvalue weighted by Gasteiger charge is -2.23. The van der Waals surface area contributed by atoms with Crippen molar-refractivity contribution in [1.29, 1.82) is 0 Å². The predicted molar refractivity (Wildman–Crippen MR) is 104 cm³/mol. The highest BCUT2D eigenvalue weighted by Crippen LogP contribution is 2.11. The van der Waals surface area contributed by atoms with Crippen LogP contribution in [-0.2, 0) is 25.6 Å². The minimum Gasteiger partial charge on any atom is -0.508 e. The number of rotatable bonds is 12. The van der Waals surface area contributed by atoms with Crippen LogP contribution in [0.15, 0.2) is 24.3 Å². The summed E-state index contributed by atoms with van der Waals surface area (Å²) in [5, 5.41) is 51.9. The molecule has 4 unspecified atom stereocenters. The summed E-state index contributed by atoms with van der Waals surface area (Å²) in [5.41, 5.74) is 6.43. The number of benzene rings is 1. The Bertz CT molecular complexity index is 772. The number of aliphatic carboxylic acids is 1. The number of carboxylic acid groups (broad SMARTS) is 1. The van der Waals surface area contributed by atoms with E-state index in [1.54, 1.807) is 12.1 Å². The van der Waals surface area contributed by atoms with Crippen LogP contribution in [0.4, 0.5) is 0 Å². The lowest BCUT2D eigenvalue weighted by Crippen LogP contribution is -2.59. The number of phenols is 1. The van der Waals surface area contributed by atoms with Crippen LogP contribution in [0.25, 0.3) is 0 Å². The largest absolute Gasteiger partial charge is 0.508 e. The van der Waals surface area contributed by atoms with Gasteiger partial charge in [0.1, 0.15) is 23.9 Å². The minimum atomic E-state index is -1.65. The molecule has 0 fully saturated rings. The first-order chi connectivity index (χ1) is 14.6. The number of nitrogens with two attached hydrogens (primary N) is 1. The van der Waals surface area contributed by atoms with E-state index in [0.717, 1.165) is 0 Å². The van der Waals surface area contributed by atoms with Crippen LogP contribution >= 0.6 is 0 Å². The van der Waals surface area contributed by atoms with E-state index in [1.807, 2.05) is 5.32 Å². The van der Waals surface area contributed by atoms with Crippen molar-refractivity contribution in [3.63, 3.8) is 0 Å². The second-order valence-corrected chi connectivity index (χ2v) is 6.55. The first-order valence-electron chi connectivity index (χ1n) is 9.12. The highest BCUT2D eigenvalue weighted by Gasteiger charge is 2.29. The van der Waals surface area contributed by atoms with Crippen molar-refractivity contribution >= 4 is 23.7 Å². The number of aliphatic hydroxyl groups excluding tert-OH is 3. The van der Waals surface area contributed by atoms with Crippen LogP contribution < -0.4 is 21.7 Å². The Balaban J connectivity index is 2.69. The summed E-state index contributed by atoms with van der Waals surface area (Å²) in [4.78, 5) is 47.4. The number of nitrogens with one attached hydrogen (secondary N) is 3. The van der Waals surface area contributed by atoms with Gasteiger partial charge in [-0.3, -0.25) is 14.4 Å². The van der Waals surface area contributed by atoms with Gasteiger partial charge in [-0.1, -0.05) is 12.1 Å². The molecule has 0 aromatic heterocycles. The maximum Gasteiger partial charge on any atom is 0.328 e. The van der Waals surface area contributed by atoms with E-state index in [1.165, 1.54) is 12.1 Å². The van der Waals surface area contributed by atoms with E-state index in [-0.39, 0.29) is 12.2 Å². The summed E-state index contributed by atoms with van der Waals surface area (Å²) < 4.78 is 0. The zero-order chi connectivity index (χ0) is 23.6. The van der Waals surface area contributed by atoms with Gasteiger partial charge in [0.2, 0.25) is 17.7 Å². The molecule has 172 valence electrons. The molecule has 0 saturated carbocycles. The Morgan fingerprint density at radius 2 is 1.19 bits per heavy atom. The quantitative estimate of drug-likeness (QED) is 0.151. The number of carbonyl (C=O) groups excluding carboxylic acids is 3. The molecule has 3 amide bonds. The SMILES string of the molecule is NC(Cc1ccc(O)cc1)C(=O)NC(CO)C(=O)NC(CO)C(=O)NC(CO)C(=O)O. The summed E-state index contributed by atoms with van der Waals surface area (Å²) >= 11 is 0. The van der Waals surface area contributed by atoms with Crippen molar-refractivity contribution in [1.82, 2.24) is 16.0 Å². The predicted octanol–water partition coefficient (Wildman–Crippen LogP) is -4.22. The van der Waals surface area contributed by atoms with Crippen LogP contribution in [-0.4, -0.2) is 93.2 Å². The maximum atomic E-state index is 12.3. The Morgan fingerprint density at radius 1 is 0.774 bits per heavy atom. The van der Waals surface area contributed by atoms with E-state index in [4.69, 9.17) is 15.9 Å². The average molecular weight is 442 g/mol. The van der Waals surface area contributed by atoms with Crippen LogP contribution in [0.2, 0.25) is 0 Å². The molecule has 10 N–H and O–H groups in total. The molecular formula is C18H26N4O9. The Morgan fingerprint density at radius 3 is 1.61 bits per heavy atom. The van der Waals surface area contributed by atoms with Crippen molar-refractivity contribution in [2.45, 2.75) is 30.6 Å². The molecule has 0 aliphatic rings. The molecule has 1 aromatic rings. The first-order valence-corrected chi connectivity index (χ1v) is 9.12. The van der Waals surface area contributed by atoms with Crippen molar-refractivity contribution in [3.8, 4) is 5.75 Å². The molecule has 1 rings (SSSR count). The van der Waals surface area contributed by atoms with E-state index >= 15 is 0 Å². The van der Waals surface area contributed by atoms with Crippen LogP contribution in [0, 0.1) is 0 Å². The number of phenolic OH excluding ortho intramolecular Hbond substituents is 1. The van der Waals surface area contributed by atoms with E-state index in [0.29, 0.717) is 5.56 Å². The van der Waals surface area contributed by atoms with Crippen molar-refractivity contribution in [3.05, 3.63) is 29.8 Å². The fourth-order valence-electron chi connectivity index (χ4n) is 2.38. The molecule has 0 aliphatic heterocycles. The van der Waals surface area contributed by atoms with Crippen LogP contribution in [0.5, 0.6) is 5.75 Å². The molecular weight excluding hydrogens is 416 g/mol. The smallest absolute Gasteiger partial charge is 0.328 e. The molecule has 0 radical (unpaired) electrons. The number of aromatic hydroxyl groups is 1. The van der Waals surface area contributed by atoms with Gasteiger partial charge in [-0.15, -0.1) is 0 Å². The summed E-state index contributed by atoms with van der Waals surface area (Å²) in [6.45, 7) is -2.68. The minimum absolute atomic E-state index is 0.0370. The summed E-state index contributed by atoms with van der Waals surface area (Å²) in [6.07, 6.45) is 0.0747. The molecule has 0 spiro atoms. The molecule has 13 heteroatoms. The van der Waals surface area contributed by atoms with Gasteiger partial charge in [0.25, 0.3) is 0 Å². The number of amides is 3. The fourth-order valence-corrected chi connectivity index (χ4v) is 2.38. The fraction of sp³-hybridized carbons (Fsp3) is 0.444. The van der Waals surface area contributed by atoms with Gasteiger partial charge in [-0.25, -0.2) is 4.79 Å². The number of aliphatic hydroxyl groups is 3. The van der Waals surface area contributed by atoms with Crippen LogP contribution in [0.3, 0.4) is 0 Å². The van der Waals surface area contributed by atoms with Gasteiger partial charge in [0.15, 0.2) is 0 Å². The monoisotopic (exact) mass is 442 g/mol. The first kappa shape index (κ1) is 25.8. The Labute approximate surface area is 176 Å². The maximum absolute atomic E-state index is 12.3. The molecule has 1 aromatic carbocycles. The lowest BCUT2D eigenvalue weighted by molar-refractivity contribution is -0.143. The van der Waals surface area contributed by atoms with Crippen molar-refractivity contribution in [2.75, 3.05) is 19.8 Å². The molecule has 31 heavy (non-hydrogen) atoms. The lowest BCUT2D eigenvalue weighted by atomic mass is 10.1. The number of hydrogen-bond donors (Lipinski definition) is 9. The second kappa shape index (κ2) is 12.4. The number of carbonyl (C=O) groups is 4. The van der Waals surface area contributed by atoms with Crippen LogP contribution in [0.1, 0.15) is 5.56 Å². The Kier molecular flexibility index (Phi) is 10.3. The summed E-state index contributed by atoms with van der Waals surface area (Å²) in [7, 11) is 0. The molecule has 0 saturated heterocycles. The zero-order valence-corrected chi connectivity index (χ0v) is 16.4. The standard InChI is InChI=1S/C18H26N4O9/c19-11(5-9-1-3-10(26)4-2-9)15(27)20-12(6-23)16(28)21-13(7-24)17(29)22-14(8-25)18(30)31/h1-4,11-14,23-26H,5-8,19H2,(H,20,27)(H,21,28)(H,22,29)(H,30,31). The van der Waals surface area contributed by atoms with Gasteiger partial charge >= 0.3 is 5.97 Å². The Hall–Kier alpha value is -3.26. The highest BCUT2D eigenvalue weighted by atomic mass is 16.4. The number of carboxylic acids is 1. The van der Waals surface area contributed by atoms with Crippen molar-refractivity contribution in [2.24, 2.45) is 5.73 Å². The molecule has 0 aliphatic carbocycles. The van der Waals surface area contributed by atoms with Gasteiger partial charge < -0.3 is 47.2 Å². The van der Waals surface area contributed by atoms with E-state index in [2.05, 4.69) is 10.6 Å². The zero-order valence-electron chi connectivity index (χ0n) is 16.4. The number of hydrogen-bond acceptors (Lipinski definition) is 9. The van der Waals surface area contributed by atoms with Gasteiger partial charge in [-0.05, 0) is 24.1 Å². The summed E-state index contributed by atoms with van der Waals surface area (Å²) in [5.74, 6) is -4.39. The third kappa shape index (κ3) is 8.18. The normalized spacial score (nSPS) is 14.6. The van der Waals surface area contributed by atoms with Gasteiger partial charge in [0.05, 0.1) is 25.9 Å². The molecule has 0 heterocycles.